The van der Waals surface area contributed by atoms with Crippen molar-refractivity contribution in [2.75, 3.05) is 11.1 Å². The van der Waals surface area contributed by atoms with Crippen molar-refractivity contribution < 1.29 is 0 Å². The number of nitrogen functional groups attached to an aromatic ring is 1. The van der Waals surface area contributed by atoms with E-state index in [1.165, 1.54) is 0 Å². The number of nitrogens with two attached hydrogens (primary N) is 1. The van der Waals surface area contributed by atoms with Crippen molar-refractivity contribution >= 4 is 29.2 Å². The first kappa shape index (κ1) is 12.1. The van der Waals surface area contributed by atoms with Gasteiger partial charge in [-0.1, -0.05) is 6.07 Å². The number of halogens is 1. The van der Waals surface area contributed by atoms with E-state index < -0.39 is 0 Å². The molecule has 0 aliphatic rings. The molecule has 0 amide bonds. The lowest BCUT2D eigenvalue weighted by Gasteiger charge is -2.08. The summed E-state index contributed by atoms with van der Waals surface area (Å²) >= 11 is 5.68. The number of nitrogens with one attached hydrogen (secondary N) is 1. The highest BCUT2D eigenvalue weighted by Gasteiger charge is 2.05. The van der Waals surface area contributed by atoms with E-state index >= 15 is 0 Å². The van der Waals surface area contributed by atoms with Gasteiger partial charge in [0.15, 0.2) is 0 Å². The summed E-state index contributed by atoms with van der Waals surface area (Å²) in [5.74, 6) is 0.275. The second-order valence-corrected chi connectivity index (χ2v) is 3.89. The van der Waals surface area contributed by atoms with Crippen LogP contribution in [-0.2, 0) is 0 Å². The van der Waals surface area contributed by atoms with Crippen LogP contribution in [0.25, 0.3) is 0 Å². The van der Waals surface area contributed by atoms with E-state index in [2.05, 4.69) is 26.3 Å². The third-order valence-electron chi connectivity index (χ3n) is 2.24. The van der Waals surface area contributed by atoms with Crippen molar-refractivity contribution in [3.05, 3.63) is 34.6 Å². The maximum absolute atomic E-state index is 8.85. The van der Waals surface area contributed by atoms with Crippen LogP contribution in [0.15, 0.2) is 18.2 Å². The van der Waals surface area contributed by atoms with Crippen LogP contribution < -0.4 is 11.1 Å². The zero-order valence-corrected chi connectivity index (χ0v) is 10.2. The molecular weight excluding hydrogens is 252 g/mol. The minimum atomic E-state index is 0.0130. The Bertz CT molecular complexity index is 614. The van der Waals surface area contributed by atoms with Crippen LogP contribution in [0.1, 0.15) is 11.1 Å². The van der Waals surface area contributed by atoms with Gasteiger partial charge in [0.1, 0.15) is 0 Å². The topological polar surface area (TPSA) is 101 Å². The van der Waals surface area contributed by atoms with Crippen LogP contribution >= 0.6 is 11.6 Å². The summed E-state index contributed by atoms with van der Waals surface area (Å²) in [7, 11) is 0. The van der Waals surface area contributed by atoms with E-state index in [0.717, 1.165) is 11.3 Å². The fourth-order valence-electron chi connectivity index (χ4n) is 1.37. The molecule has 0 saturated heterocycles. The van der Waals surface area contributed by atoms with E-state index in [-0.39, 0.29) is 17.2 Å². The Hall–Kier alpha value is -2.39. The molecule has 0 aliphatic heterocycles. The molecule has 0 fully saturated rings. The summed E-state index contributed by atoms with van der Waals surface area (Å²) in [5, 5.41) is 11.8. The van der Waals surface area contributed by atoms with Crippen molar-refractivity contribution in [3.8, 4) is 6.07 Å². The first-order valence-corrected chi connectivity index (χ1v) is 5.41. The van der Waals surface area contributed by atoms with Gasteiger partial charge in [-0.15, -0.1) is 0 Å². The number of anilines is 3. The minimum Gasteiger partial charge on any atom is -0.368 e. The van der Waals surface area contributed by atoms with Crippen molar-refractivity contribution in [1.82, 2.24) is 15.0 Å². The van der Waals surface area contributed by atoms with Crippen LogP contribution in [0.3, 0.4) is 0 Å². The number of nitriles is 1. The second-order valence-electron chi connectivity index (χ2n) is 3.55. The van der Waals surface area contributed by atoms with Gasteiger partial charge in [0.2, 0.25) is 17.2 Å². The summed E-state index contributed by atoms with van der Waals surface area (Å²) in [6, 6.07) is 7.31. The summed E-state index contributed by atoms with van der Waals surface area (Å²) in [5.41, 5.74) is 7.67. The summed E-state index contributed by atoms with van der Waals surface area (Å²) in [4.78, 5) is 11.5. The molecule has 6 nitrogen and oxygen atoms in total. The van der Waals surface area contributed by atoms with E-state index in [1.54, 1.807) is 12.1 Å². The molecule has 18 heavy (non-hydrogen) atoms. The number of hydrogen-bond acceptors (Lipinski definition) is 6. The lowest BCUT2D eigenvalue weighted by Crippen LogP contribution is -2.04. The predicted molar refractivity (Wildman–Crippen MR) is 68.4 cm³/mol. The molecule has 0 aliphatic carbocycles. The normalized spacial score (nSPS) is 9.83. The van der Waals surface area contributed by atoms with Gasteiger partial charge in [-0.2, -0.15) is 20.2 Å². The molecule has 0 bridgehead atoms. The van der Waals surface area contributed by atoms with Crippen molar-refractivity contribution in [1.29, 1.82) is 5.26 Å². The molecule has 90 valence electrons. The van der Waals surface area contributed by atoms with Gasteiger partial charge in [0.25, 0.3) is 0 Å². The highest BCUT2D eigenvalue weighted by molar-refractivity contribution is 6.28. The molecule has 7 heteroatoms. The number of hydrogen-bond donors (Lipinski definition) is 2. The van der Waals surface area contributed by atoms with Crippen LogP contribution in [0.5, 0.6) is 0 Å². The van der Waals surface area contributed by atoms with Gasteiger partial charge in [0, 0.05) is 5.69 Å². The third-order valence-corrected chi connectivity index (χ3v) is 2.41. The Balaban J connectivity index is 2.36. The summed E-state index contributed by atoms with van der Waals surface area (Å²) in [6.07, 6.45) is 0. The SMILES string of the molecule is Cc1ccc(C#N)cc1Nc1nc(N)nc(Cl)n1. The molecule has 3 N–H and O–H groups in total. The fraction of sp³-hybridized carbons (Fsp3) is 0.0909. The van der Waals surface area contributed by atoms with E-state index in [1.807, 2.05) is 13.0 Å². The molecule has 0 saturated carbocycles. The minimum absolute atomic E-state index is 0.0130. The summed E-state index contributed by atoms with van der Waals surface area (Å²) < 4.78 is 0. The first-order chi connectivity index (χ1) is 8.58. The highest BCUT2D eigenvalue weighted by Crippen LogP contribution is 2.20. The Morgan fingerprint density at radius 3 is 2.78 bits per heavy atom. The largest absolute Gasteiger partial charge is 0.368 e. The molecular formula is C11H9ClN6. The van der Waals surface area contributed by atoms with Crippen molar-refractivity contribution in [2.24, 2.45) is 0 Å². The number of rotatable bonds is 2. The Kier molecular flexibility index (Phi) is 3.26. The summed E-state index contributed by atoms with van der Waals surface area (Å²) in [6.45, 7) is 1.90. The predicted octanol–water partition coefficient (Wildman–Crippen LogP) is 2.03. The van der Waals surface area contributed by atoms with Gasteiger partial charge in [0.05, 0.1) is 11.6 Å². The Labute approximate surface area is 108 Å². The molecule has 1 aromatic carbocycles. The number of nitrogens with zero attached hydrogens (tertiary/aromatic N) is 4. The van der Waals surface area contributed by atoms with E-state index in [4.69, 9.17) is 22.6 Å². The molecule has 0 spiro atoms. The van der Waals surface area contributed by atoms with E-state index in [9.17, 15) is 0 Å². The average Bonchev–Trinajstić information content (AvgIpc) is 2.30. The third kappa shape index (κ3) is 2.64. The Morgan fingerprint density at radius 1 is 1.33 bits per heavy atom. The van der Waals surface area contributed by atoms with Gasteiger partial charge in [-0.25, -0.2) is 0 Å². The van der Waals surface area contributed by atoms with Crippen LogP contribution in [-0.4, -0.2) is 15.0 Å². The van der Waals surface area contributed by atoms with Gasteiger partial charge in [-0.3, -0.25) is 0 Å². The zero-order valence-electron chi connectivity index (χ0n) is 9.48. The lowest BCUT2D eigenvalue weighted by atomic mass is 10.1. The highest BCUT2D eigenvalue weighted by atomic mass is 35.5. The molecule has 0 unspecified atom stereocenters. The maximum Gasteiger partial charge on any atom is 0.233 e. The molecule has 0 atom stereocenters. The van der Waals surface area contributed by atoms with Crippen molar-refractivity contribution in [2.45, 2.75) is 6.92 Å². The average molecular weight is 261 g/mol. The maximum atomic E-state index is 8.85. The molecule has 1 aromatic heterocycles. The zero-order chi connectivity index (χ0) is 13.1. The van der Waals surface area contributed by atoms with Gasteiger partial charge in [-0.05, 0) is 36.2 Å². The van der Waals surface area contributed by atoms with Gasteiger partial charge < -0.3 is 11.1 Å². The van der Waals surface area contributed by atoms with Gasteiger partial charge >= 0.3 is 0 Å². The first-order valence-electron chi connectivity index (χ1n) is 5.03. The number of aromatic nitrogens is 3. The lowest BCUT2D eigenvalue weighted by molar-refractivity contribution is 1.07. The van der Waals surface area contributed by atoms with Crippen LogP contribution in [0.4, 0.5) is 17.6 Å². The molecule has 2 aromatic rings. The Morgan fingerprint density at radius 2 is 2.11 bits per heavy atom. The molecule has 1 heterocycles. The number of aryl methyl sites for hydroxylation is 1. The smallest absolute Gasteiger partial charge is 0.233 e. The van der Waals surface area contributed by atoms with Crippen LogP contribution in [0.2, 0.25) is 5.28 Å². The standard InChI is InChI=1S/C11H9ClN6/c1-6-2-3-7(5-13)4-8(6)15-11-17-9(12)16-10(14)18-11/h2-4H,1H3,(H3,14,15,16,17,18). The van der Waals surface area contributed by atoms with E-state index in [0.29, 0.717) is 5.56 Å². The second kappa shape index (κ2) is 4.85. The van der Waals surface area contributed by atoms with Crippen LogP contribution in [0, 0.1) is 18.3 Å². The fourth-order valence-corrected chi connectivity index (χ4v) is 1.53. The van der Waals surface area contributed by atoms with Crippen molar-refractivity contribution in [3.63, 3.8) is 0 Å². The molecule has 0 radical (unpaired) electrons. The molecule has 2 rings (SSSR count). The quantitative estimate of drug-likeness (QED) is 0.857. The monoisotopic (exact) mass is 260 g/mol. The number of benzene rings is 1.